The summed E-state index contributed by atoms with van der Waals surface area (Å²) in [4.78, 5) is 37.1. The lowest BCUT2D eigenvalue weighted by Gasteiger charge is -2.24. The van der Waals surface area contributed by atoms with Crippen molar-refractivity contribution in [1.82, 2.24) is 0 Å². The average molecular weight is 599 g/mol. The molecule has 0 unspecified atom stereocenters. The number of carbonyl (C=O) groups excluding carboxylic acids is 3. The smallest absolute Gasteiger partial charge is 0.465 e. The van der Waals surface area contributed by atoms with Gasteiger partial charge in [-0.2, -0.15) is 0 Å². The van der Waals surface area contributed by atoms with Crippen molar-refractivity contribution in [3.05, 3.63) is 0 Å². The zero-order valence-corrected chi connectivity index (χ0v) is 28.3. The fourth-order valence-corrected chi connectivity index (χ4v) is 4.54. The van der Waals surface area contributed by atoms with Gasteiger partial charge in [-0.15, -0.1) is 0 Å². The highest BCUT2D eigenvalue weighted by Crippen LogP contribution is 2.21. The molecule has 0 saturated heterocycles. The number of esters is 2. The zero-order valence-electron chi connectivity index (χ0n) is 28.3. The fourth-order valence-electron chi connectivity index (χ4n) is 4.54. The van der Waals surface area contributed by atoms with Gasteiger partial charge in [0.2, 0.25) is 0 Å². The molecule has 0 aromatic heterocycles. The second-order valence-corrected chi connectivity index (χ2v) is 13.2. The van der Waals surface area contributed by atoms with E-state index in [1.807, 2.05) is 0 Å². The minimum absolute atomic E-state index is 0.160. The van der Waals surface area contributed by atoms with Gasteiger partial charge in [0.15, 0.2) is 0 Å². The Morgan fingerprint density at radius 3 is 0.952 bits per heavy atom. The summed E-state index contributed by atoms with van der Waals surface area (Å²) in [6, 6.07) is 0. The molecule has 0 radical (unpaired) electrons. The van der Waals surface area contributed by atoms with E-state index < -0.39 is 28.9 Å². The summed E-state index contributed by atoms with van der Waals surface area (Å²) in [6.45, 7) is 11.6. The Kier molecular flexibility index (Phi) is 24.6. The topological polar surface area (TPSA) is 88.1 Å². The Labute approximate surface area is 258 Å². The van der Waals surface area contributed by atoms with Crippen LogP contribution in [-0.2, 0) is 28.5 Å². The van der Waals surface area contributed by atoms with Crippen molar-refractivity contribution >= 4 is 18.1 Å². The summed E-state index contributed by atoms with van der Waals surface area (Å²) in [5.74, 6) is -0.802. The highest BCUT2D eigenvalue weighted by molar-refractivity contribution is 5.77. The molecule has 0 heterocycles. The first-order valence-electron chi connectivity index (χ1n) is 17.2. The molecule has 7 heteroatoms. The standard InChI is InChI=1S/C35H66O7/c1-7-9-11-13-15-17-19-21-23-25-27-39-31(36)34(3,4)29-41-33(38)42-30-35(5,6)32(37)40-28-26-24-22-20-18-16-14-12-10-8-2/h7-30H2,1-6H3. The molecule has 0 amide bonds. The molecule has 0 aliphatic carbocycles. The predicted octanol–water partition coefficient (Wildman–Crippen LogP) is 10.1. The number of ether oxygens (including phenoxy) is 4. The second kappa shape index (κ2) is 25.7. The van der Waals surface area contributed by atoms with Gasteiger partial charge in [-0.05, 0) is 40.5 Å². The molecule has 0 bridgehead atoms. The molecule has 0 aromatic carbocycles. The number of hydrogen-bond acceptors (Lipinski definition) is 7. The minimum Gasteiger partial charge on any atom is -0.465 e. The summed E-state index contributed by atoms with van der Waals surface area (Å²) in [6.07, 6.45) is 23.4. The normalized spacial score (nSPS) is 11.8. The summed E-state index contributed by atoms with van der Waals surface area (Å²) < 4.78 is 21.2. The molecule has 0 spiro atoms. The van der Waals surface area contributed by atoms with Gasteiger partial charge in [-0.1, -0.05) is 129 Å². The second-order valence-electron chi connectivity index (χ2n) is 13.2. The minimum atomic E-state index is -0.985. The van der Waals surface area contributed by atoms with Crippen molar-refractivity contribution < 1.29 is 33.3 Å². The highest BCUT2D eigenvalue weighted by atomic mass is 16.7. The van der Waals surface area contributed by atoms with Crippen LogP contribution in [0.15, 0.2) is 0 Å². The van der Waals surface area contributed by atoms with Crippen molar-refractivity contribution in [1.29, 1.82) is 0 Å². The van der Waals surface area contributed by atoms with Crippen LogP contribution in [0.3, 0.4) is 0 Å². The molecule has 0 rings (SSSR count). The van der Waals surface area contributed by atoms with E-state index in [9.17, 15) is 14.4 Å². The number of rotatable bonds is 28. The van der Waals surface area contributed by atoms with Gasteiger partial charge >= 0.3 is 18.1 Å². The molecular weight excluding hydrogens is 532 g/mol. The summed E-state index contributed by atoms with van der Waals surface area (Å²) >= 11 is 0. The van der Waals surface area contributed by atoms with Gasteiger partial charge in [0.25, 0.3) is 0 Å². The maximum absolute atomic E-state index is 12.5. The van der Waals surface area contributed by atoms with Crippen LogP contribution >= 0.6 is 0 Å². The zero-order chi connectivity index (χ0) is 31.5. The Morgan fingerprint density at radius 2 is 0.667 bits per heavy atom. The molecule has 7 nitrogen and oxygen atoms in total. The van der Waals surface area contributed by atoms with Gasteiger partial charge in [0, 0.05) is 0 Å². The average Bonchev–Trinajstić information content (AvgIpc) is 2.96. The predicted molar refractivity (Wildman–Crippen MR) is 170 cm³/mol. The fraction of sp³-hybridized carbons (Fsp3) is 0.914. The number of unbranched alkanes of at least 4 members (excludes halogenated alkanes) is 18. The van der Waals surface area contributed by atoms with Gasteiger partial charge < -0.3 is 18.9 Å². The SMILES string of the molecule is CCCCCCCCCCCCOC(=O)C(C)(C)COC(=O)OCC(C)(C)C(=O)OCCCCCCCCCCCC. The third-order valence-electron chi connectivity index (χ3n) is 7.67. The molecule has 0 atom stereocenters. The van der Waals surface area contributed by atoms with Crippen LogP contribution in [0.1, 0.15) is 170 Å². The van der Waals surface area contributed by atoms with Gasteiger partial charge in [0.1, 0.15) is 13.2 Å². The van der Waals surface area contributed by atoms with E-state index >= 15 is 0 Å². The van der Waals surface area contributed by atoms with E-state index in [-0.39, 0.29) is 13.2 Å². The Bertz CT molecular complexity index is 631. The monoisotopic (exact) mass is 598 g/mol. The van der Waals surface area contributed by atoms with E-state index in [1.165, 1.54) is 89.9 Å². The van der Waals surface area contributed by atoms with Crippen molar-refractivity contribution in [2.45, 2.75) is 170 Å². The van der Waals surface area contributed by atoms with Gasteiger partial charge in [-0.3, -0.25) is 9.59 Å². The lowest BCUT2D eigenvalue weighted by molar-refractivity contribution is -0.157. The molecule has 248 valence electrons. The Balaban J connectivity index is 3.95. The molecule has 0 N–H and O–H groups in total. The van der Waals surface area contributed by atoms with E-state index in [2.05, 4.69) is 13.8 Å². The van der Waals surface area contributed by atoms with E-state index in [4.69, 9.17) is 18.9 Å². The molecule has 42 heavy (non-hydrogen) atoms. The van der Waals surface area contributed by atoms with Gasteiger partial charge in [-0.25, -0.2) is 4.79 Å². The largest absolute Gasteiger partial charge is 0.508 e. The van der Waals surface area contributed by atoms with Crippen LogP contribution in [0.2, 0.25) is 0 Å². The summed E-state index contributed by atoms with van der Waals surface area (Å²) in [5.41, 5.74) is -1.97. The van der Waals surface area contributed by atoms with Crippen LogP contribution < -0.4 is 0 Å². The number of hydrogen-bond donors (Lipinski definition) is 0. The molecule has 0 aliphatic rings. The van der Waals surface area contributed by atoms with Crippen LogP contribution in [-0.4, -0.2) is 44.5 Å². The van der Waals surface area contributed by atoms with Crippen LogP contribution in [0.4, 0.5) is 4.79 Å². The van der Waals surface area contributed by atoms with Crippen molar-refractivity contribution in [3.63, 3.8) is 0 Å². The van der Waals surface area contributed by atoms with Crippen molar-refractivity contribution in [2.24, 2.45) is 10.8 Å². The van der Waals surface area contributed by atoms with E-state index in [0.29, 0.717) is 13.2 Å². The Morgan fingerprint density at radius 1 is 0.405 bits per heavy atom. The van der Waals surface area contributed by atoms with Crippen molar-refractivity contribution in [3.8, 4) is 0 Å². The molecule has 0 aliphatic heterocycles. The van der Waals surface area contributed by atoms with Crippen LogP contribution in [0.25, 0.3) is 0 Å². The Hall–Kier alpha value is -1.79. The van der Waals surface area contributed by atoms with Crippen LogP contribution in [0, 0.1) is 10.8 Å². The highest BCUT2D eigenvalue weighted by Gasteiger charge is 2.34. The number of carbonyl (C=O) groups is 3. The van der Waals surface area contributed by atoms with Crippen LogP contribution in [0.5, 0.6) is 0 Å². The molecule has 0 fully saturated rings. The molecule has 0 saturated carbocycles. The maximum atomic E-state index is 12.5. The van der Waals surface area contributed by atoms with Gasteiger partial charge in [0.05, 0.1) is 24.0 Å². The first-order valence-corrected chi connectivity index (χ1v) is 17.2. The lowest BCUT2D eigenvalue weighted by atomic mass is 9.95. The first kappa shape index (κ1) is 40.2. The summed E-state index contributed by atoms with van der Waals surface area (Å²) in [5, 5.41) is 0. The maximum Gasteiger partial charge on any atom is 0.508 e. The lowest BCUT2D eigenvalue weighted by Crippen LogP contribution is -2.35. The molecule has 0 aromatic rings. The third-order valence-corrected chi connectivity index (χ3v) is 7.67. The quantitative estimate of drug-likeness (QED) is 0.0503. The first-order chi connectivity index (χ1) is 20.1. The third kappa shape index (κ3) is 22.8. The van der Waals surface area contributed by atoms with E-state index in [1.54, 1.807) is 27.7 Å². The van der Waals surface area contributed by atoms with Crippen molar-refractivity contribution in [2.75, 3.05) is 26.4 Å². The molecular formula is C35H66O7. The van der Waals surface area contributed by atoms with E-state index in [0.717, 1.165) is 38.5 Å². The summed E-state index contributed by atoms with van der Waals surface area (Å²) in [7, 11) is 0.